The summed E-state index contributed by atoms with van der Waals surface area (Å²) in [6.07, 6.45) is 5.04. The Hall–Kier alpha value is -3.48. The van der Waals surface area contributed by atoms with Crippen LogP contribution >= 0.6 is 0 Å². The molecule has 0 radical (unpaired) electrons. The number of carbonyl (C=O) groups is 1. The average molecular weight is 489 g/mol. The molecule has 1 aliphatic carbocycles. The quantitative estimate of drug-likeness (QED) is 0.517. The van der Waals surface area contributed by atoms with Crippen molar-refractivity contribution in [2.24, 2.45) is 13.0 Å². The zero-order chi connectivity index (χ0) is 25.3. The van der Waals surface area contributed by atoms with Gasteiger partial charge in [0, 0.05) is 56.2 Å². The van der Waals surface area contributed by atoms with Crippen LogP contribution in [-0.2, 0) is 22.0 Å². The number of para-hydroxylation sites is 1. The first-order valence-corrected chi connectivity index (χ1v) is 12.4. The van der Waals surface area contributed by atoms with Crippen LogP contribution in [0.5, 0.6) is 5.75 Å². The van der Waals surface area contributed by atoms with Gasteiger partial charge in [0.2, 0.25) is 5.91 Å². The van der Waals surface area contributed by atoms with Crippen LogP contribution in [0.2, 0.25) is 0 Å². The van der Waals surface area contributed by atoms with Gasteiger partial charge in [0.25, 0.3) is 0 Å². The number of nitrogens with zero attached hydrogens (tertiary/aromatic N) is 5. The molecule has 1 N–H and O–H groups in total. The third-order valence-electron chi connectivity index (χ3n) is 7.46. The Bertz CT molecular complexity index is 1320. The Balaban J connectivity index is 1.53. The standard InChI is InChI=1S/C27H32N6O3/c1-32-22-16-29-23(30-26(34)18-7-8-18)15-20(22)24(31-32)19-5-4-6-21(25(19)36-3)27(17-28)9-11-33(12-10-27)13-14-35-2/h4-6,15-16,18H,7-14H2,1-3H3,(H,29,30,34). The number of carbonyl (C=O) groups excluding carboxylic acids is 1. The van der Waals surface area contributed by atoms with Gasteiger partial charge in [-0.2, -0.15) is 10.4 Å². The van der Waals surface area contributed by atoms with Gasteiger partial charge in [-0.25, -0.2) is 4.98 Å². The van der Waals surface area contributed by atoms with Gasteiger partial charge in [0.1, 0.15) is 17.3 Å². The molecule has 1 aromatic carbocycles. The van der Waals surface area contributed by atoms with E-state index in [4.69, 9.17) is 14.6 Å². The van der Waals surface area contributed by atoms with Crippen molar-refractivity contribution < 1.29 is 14.3 Å². The third kappa shape index (κ3) is 4.43. The van der Waals surface area contributed by atoms with E-state index < -0.39 is 5.41 Å². The Labute approximate surface area is 211 Å². The lowest BCUT2D eigenvalue weighted by Crippen LogP contribution is -2.43. The van der Waals surface area contributed by atoms with Crippen LogP contribution in [0.25, 0.3) is 22.2 Å². The van der Waals surface area contributed by atoms with Gasteiger partial charge in [-0.3, -0.25) is 9.48 Å². The van der Waals surface area contributed by atoms with Gasteiger partial charge >= 0.3 is 0 Å². The maximum atomic E-state index is 12.3. The van der Waals surface area contributed by atoms with Crippen LogP contribution in [0.1, 0.15) is 31.2 Å². The second kappa shape index (κ2) is 9.88. The molecule has 0 bridgehead atoms. The van der Waals surface area contributed by atoms with Gasteiger partial charge in [-0.05, 0) is 37.8 Å². The Morgan fingerprint density at radius 2 is 2.06 bits per heavy atom. The van der Waals surface area contributed by atoms with Gasteiger partial charge in [-0.1, -0.05) is 12.1 Å². The lowest BCUT2D eigenvalue weighted by Gasteiger charge is -2.38. The number of pyridine rings is 1. The number of nitrogens with one attached hydrogen (secondary N) is 1. The fourth-order valence-electron chi connectivity index (χ4n) is 5.13. The van der Waals surface area contributed by atoms with Crippen molar-refractivity contribution in [3.8, 4) is 23.1 Å². The zero-order valence-corrected chi connectivity index (χ0v) is 21.1. The van der Waals surface area contributed by atoms with Crippen LogP contribution in [0, 0.1) is 17.2 Å². The summed E-state index contributed by atoms with van der Waals surface area (Å²) in [5, 5.41) is 19.0. The molecule has 0 spiro atoms. The number of fused-ring (bicyclic) bond motifs is 1. The topological polar surface area (TPSA) is 105 Å². The van der Waals surface area contributed by atoms with Crippen LogP contribution < -0.4 is 10.1 Å². The molecule has 3 aromatic rings. The fraction of sp³-hybridized carbons (Fsp3) is 0.481. The van der Waals surface area contributed by atoms with Crippen LogP contribution in [0.3, 0.4) is 0 Å². The molecular formula is C27H32N6O3. The van der Waals surface area contributed by atoms with Gasteiger partial charge in [0.15, 0.2) is 0 Å². The van der Waals surface area contributed by atoms with Gasteiger partial charge < -0.3 is 19.7 Å². The monoisotopic (exact) mass is 488 g/mol. The minimum Gasteiger partial charge on any atom is -0.496 e. The van der Waals surface area contributed by atoms with E-state index in [1.165, 1.54) is 0 Å². The number of piperidine rings is 1. The number of hydrogen-bond acceptors (Lipinski definition) is 7. The van der Waals surface area contributed by atoms with Crippen molar-refractivity contribution in [2.75, 3.05) is 45.8 Å². The largest absolute Gasteiger partial charge is 0.496 e. The van der Waals surface area contributed by atoms with Crippen molar-refractivity contribution >= 4 is 22.6 Å². The summed E-state index contributed by atoms with van der Waals surface area (Å²) in [6, 6.07) is 10.5. The number of hydrogen-bond donors (Lipinski definition) is 1. The third-order valence-corrected chi connectivity index (χ3v) is 7.46. The molecule has 2 fully saturated rings. The molecule has 1 saturated heterocycles. The number of ether oxygens (including phenoxy) is 2. The number of likely N-dealkylation sites (tertiary alicyclic amines) is 1. The van der Waals surface area contributed by atoms with Crippen LogP contribution in [0.4, 0.5) is 5.82 Å². The maximum absolute atomic E-state index is 12.3. The molecule has 2 aliphatic rings. The van der Waals surface area contributed by atoms with Crippen molar-refractivity contribution in [2.45, 2.75) is 31.1 Å². The number of nitriles is 1. The number of methoxy groups -OCH3 is 2. The van der Waals surface area contributed by atoms with Crippen molar-refractivity contribution in [3.63, 3.8) is 0 Å². The molecule has 2 aromatic heterocycles. The zero-order valence-electron chi connectivity index (χ0n) is 21.1. The highest BCUT2D eigenvalue weighted by molar-refractivity contribution is 5.99. The van der Waals surface area contributed by atoms with E-state index >= 15 is 0 Å². The number of aryl methyl sites for hydroxylation is 1. The summed E-state index contributed by atoms with van der Waals surface area (Å²) in [7, 11) is 5.23. The average Bonchev–Trinajstić information content (AvgIpc) is 3.71. The van der Waals surface area contributed by atoms with E-state index in [1.54, 1.807) is 25.1 Å². The summed E-state index contributed by atoms with van der Waals surface area (Å²) < 4.78 is 13.0. The Morgan fingerprint density at radius 3 is 2.72 bits per heavy atom. The molecule has 1 saturated carbocycles. The van der Waals surface area contributed by atoms with Crippen molar-refractivity contribution in [1.82, 2.24) is 19.7 Å². The highest BCUT2D eigenvalue weighted by Crippen LogP contribution is 2.45. The summed E-state index contributed by atoms with van der Waals surface area (Å²) in [4.78, 5) is 19.1. The highest BCUT2D eigenvalue weighted by Gasteiger charge is 2.39. The lowest BCUT2D eigenvalue weighted by molar-refractivity contribution is -0.117. The lowest BCUT2D eigenvalue weighted by atomic mass is 9.73. The molecule has 0 atom stereocenters. The minimum absolute atomic E-state index is 0.0136. The molecule has 5 rings (SSSR count). The molecule has 1 amide bonds. The minimum atomic E-state index is -0.638. The van der Waals surface area contributed by atoms with Crippen LogP contribution in [0.15, 0.2) is 30.5 Å². The predicted molar refractivity (Wildman–Crippen MR) is 137 cm³/mol. The van der Waals surface area contributed by atoms with E-state index in [-0.39, 0.29) is 11.8 Å². The first-order valence-electron chi connectivity index (χ1n) is 12.4. The van der Waals surface area contributed by atoms with E-state index in [0.717, 1.165) is 73.0 Å². The first kappa shape index (κ1) is 24.2. The molecule has 188 valence electrons. The second-order valence-corrected chi connectivity index (χ2v) is 9.74. The highest BCUT2D eigenvalue weighted by atomic mass is 16.5. The van der Waals surface area contributed by atoms with Crippen molar-refractivity contribution in [1.29, 1.82) is 5.26 Å². The summed E-state index contributed by atoms with van der Waals surface area (Å²) >= 11 is 0. The van der Waals surface area contributed by atoms with Crippen molar-refractivity contribution in [3.05, 3.63) is 36.0 Å². The normalized spacial score (nSPS) is 17.6. The fourth-order valence-corrected chi connectivity index (χ4v) is 5.13. The molecule has 9 heteroatoms. The molecule has 36 heavy (non-hydrogen) atoms. The summed E-state index contributed by atoms with van der Waals surface area (Å²) in [5.41, 5.74) is 2.67. The number of amides is 1. The van der Waals surface area contributed by atoms with E-state index in [9.17, 15) is 10.1 Å². The van der Waals surface area contributed by atoms with Gasteiger partial charge in [0.05, 0.1) is 36.9 Å². The molecule has 3 heterocycles. The number of aromatic nitrogens is 3. The van der Waals surface area contributed by atoms with E-state index in [0.29, 0.717) is 18.2 Å². The summed E-state index contributed by atoms with van der Waals surface area (Å²) in [5.74, 6) is 1.29. The molecule has 9 nitrogen and oxygen atoms in total. The van der Waals surface area contributed by atoms with E-state index in [1.807, 2.05) is 31.3 Å². The smallest absolute Gasteiger partial charge is 0.228 e. The SMILES string of the molecule is COCCN1CCC(C#N)(c2cccc(-c3nn(C)c4cnc(NC(=O)C5CC5)cc34)c2OC)CC1. The molecular weight excluding hydrogens is 456 g/mol. The predicted octanol–water partition coefficient (Wildman–Crippen LogP) is 3.50. The Morgan fingerprint density at radius 1 is 1.28 bits per heavy atom. The molecule has 1 aliphatic heterocycles. The van der Waals surface area contributed by atoms with Gasteiger partial charge in [-0.15, -0.1) is 0 Å². The number of rotatable bonds is 8. The van der Waals surface area contributed by atoms with Crippen LogP contribution in [-0.4, -0.2) is 66.0 Å². The molecule has 0 unspecified atom stereocenters. The Kier molecular flexibility index (Phi) is 6.65. The number of anilines is 1. The summed E-state index contributed by atoms with van der Waals surface area (Å²) in [6.45, 7) is 3.20. The maximum Gasteiger partial charge on any atom is 0.228 e. The number of benzene rings is 1. The van der Waals surface area contributed by atoms with E-state index in [2.05, 4.69) is 21.3 Å². The second-order valence-electron chi connectivity index (χ2n) is 9.74. The first-order chi connectivity index (χ1) is 17.5.